The molecule has 2 amide bonds. The van der Waals surface area contributed by atoms with Crippen LogP contribution in [0.1, 0.15) is 17.2 Å². The van der Waals surface area contributed by atoms with Crippen LogP contribution in [0, 0.1) is 0 Å². The highest BCUT2D eigenvalue weighted by Gasteiger charge is 2.29. The Kier molecular flexibility index (Phi) is 4.26. The molecule has 2 N–H and O–H groups in total. The summed E-state index contributed by atoms with van der Waals surface area (Å²) in [4.78, 5) is 21.5. The van der Waals surface area contributed by atoms with Crippen LogP contribution in [0.3, 0.4) is 0 Å². The van der Waals surface area contributed by atoms with Gasteiger partial charge >= 0.3 is 6.03 Å². The number of carbonyl (C=O) groups excluding carboxylic acids is 1. The first-order valence-electron chi connectivity index (χ1n) is 9.42. The molecule has 1 aliphatic carbocycles. The molecule has 5 heteroatoms. The maximum absolute atomic E-state index is 12.9. The van der Waals surface area contributed by atoms with Crippen LogP contribution in [0.15, 0.2) is 91.4 Å². The molecule has 0 spiro atoms. The number of anilines is 1. The Morgan fingerprint density at radius 1 is 0.793 bits per heavy atom. The molecule has 2 heterocycles. The van der Waals surface area contributed by atoms with Gasteiger partial charge in [-0.15, -0.1) is 0 Å². The Labute approximate surface area is 168 Å². The number of carbonyl (C=O) groups is 1. The van der Waals surface area contributed by atoms with Gasteiger partial charge in [-0.1, -0.05) is 48.5 Å². The lowest BCUT2D eigenvalue weighted by molar-refractivity contribution is 0.250. The van der Waals surface area contributed by atoms with Gasteiger partial charge in [0.05, 0.1) is 17.4 Å². The van der Waals surface area contributed by atoms with Gasteiger partial charge in [0.1, 0.15) is 0 Å². The van der Waals surface area contributed by atoms with Gasteiger partial charge in [-0.2, -0.15) is 0 Å². The van der Waals surface area contributed by atoms with Crippen molar-refractivity contribution in [1.29, 1.82) is 0 Å². The zero-order valence-electron chi connectivity index (χ0n) is 15.5. The molecule has 29 heavy (non-hydrogen) atoms. The van der Waals surface area contributed by atoms with Crippen molar-refractivity contribution in [3.63, 3.8) is 0 Å². The zero-order valence-corrected chi connectivity index (χ0v) is 15.5. The Morgan fingerprint density at radius 3 is 2.17 bits per heavy atom. The molecule has 5 nitrogen and oxygen atoms in total. The number of amides is 2. The molecular weight excluding hydrogens is 360 g/mol. The molecule has 0 atom stereocenters. The first kappa shape index (κ1) is 17.1. The second kappa shape index (κ2) is 7.20. The van der Waals surface area contributed by atoms with Gasteiger partial charge in [-0.3, -0.25) is 9.97 Å². The second-order valence-corrected chi connectivity index (χ2v) is 6.85. The summed E-state index contributed by atoms with van der Waals surface area (Å²) in [6.07, 6.45) is 5.14. The lowest BCUT2D eigenvalue weighted by atomic mass is 10.1. The first-order valence-corrected chi connectivity index (χ1v) is 9.42. The van der Waals surface area contributed by atoms with Crippen LogP contribution in [-0.2, 0) is 0 Å². The van der Waals surface area contributed by atoms with Gasteiger partial charge in [-0.25, -0.2) is 4.79 Å². The fraction of sp³-hybridized carbons (Fsp3) is 0.0417. The van der Waals surface area contributed by atoms with Crippen molar-refractivity contribution in [1.82, 2.24) is 15.3 Å². The van der Waals surface area contributed by atoms with E-state index in [0.29, 0.717) is 11.4 Å². The average molecular weight is 378 g/mol. The molecule has 5 rings (SSSR count). The Bertz CT molecular complexity index is 1140. The van der Waals surface area contributed by atoms with Crippen molar-refractivity contribution in [2.24, 2.45) is 0 Å². The summed E-state index contributed by atoms with van der Waals surface area (Å²) >= 11 is 0. The number of hydrogen-bond acceptors (Lipinski definition) is 3. The normalized spacial score (nSPS) is 12.1. The number of aromatic nitrogens is 2. The zero-order chi connectivity index (χ0) is 19.6. The summed E-state index contributed by atoms with van der Waals surface area (Å²) in [6.45, 7) is 0. The molecule has 0 radical (unpaired) electrons. The predicted octanol–water partition coefficient (Wildman–Crippen LogP) is 5.04. The van der Waals surface area contributed by atoms with Gasteiger partial charge in [-0.05, 0) is 46.5 Å². The summed E-state index contributed by atoms with van der Waals surface area (Å²) in [6, 6.07) is 23.3. The fourth-order valence-corrected chi connectivity index (χ4v) is 3.84. The number of nitrogens with one attached hydrogen (secondary N) is 2. The molecule has 0 saturated carbocycles. The summed E-state index contributed by atoms with van der Waals surface area (Å²) in [5.41, 5.74) is 6.68. The van der Waals surface area contributed by atoms with E-state index < -0.39 is 0 Å². The molecule has 1 aliphatic rings. The highest BCUT2D eigenvalue weighted by Crippen LogP contribution is 2.43. The Hall–Kier alpha value is -3.99. The van der Waals surface area contributed by atoms with Gasteiger partial charge in [0, 0.05) is 24.2 Å². The van der Waals surface area contributed by atoms with E-state index in [-0.39, 0.29) is 12.1 Å². The number of nitrogens with zero attached hydrogens (tertiary/aromatic N) is 2. The molecule has 0 aliphatic heterocycles. The van der Waals surface area contributed by atoms with Crippen LogP contribution >= 0.6 is 0 Å². The van der Waals surface area contributed by atoms with E-state index in [1.165, 1.54) is 0 Å². The molecule has 140 valence electrons. The highest BCUT2D eigenvalue weighted by atomic mass is 16.2. The van der Waals surface area contributed by atoms with Crippen molar-refractivity contribution in [2.45, 2.75) is 6.04 Å². The van der Waals surface area contributed by atoms with Gasteiger partial charge in [0.25, 0.3) is 0 Å². The van der Waals surface area contributed by atoms with Crippen molar-refractivity contribution < 1.29 is 4.79 Å². The molecule has 0 bridgehead atoms. The SMILES string of the molecule is O=C(Nc1cccnc1-c1cccnc1)NC1c2ccccc2-c2ccccc21. The average Bonchev–Trinajstić information content (AvgIpc) is 3.09. The molecular formula is C24H18N4O. The van der Waals surface area contributed by atoms with Crippen LogP contribution in [0.25, 0.3) is 22.4 Å². The quantitative estimate of drug-likeness (QED) is 0.525. The summed E-state index contributed by atoms with van der Waals surface area (Å²) in [7, 11) is 0. The maximum Gasteiger partial charge on any atom is 0.320 e. The number of pyridine rings is 2. The summed E-state index contributed by atoms with van der Waals surface area (Å²) in [5, 5.41) is 6.08. The van der Waals surface area contributed by atoms with Crippen LogP contribution in [0.2, 0.25) is 0 Å². The number of urea groups is 1. The predicted molar refractivity (Wildman–Crippen MR) is 113 cm³/mol. The maximum atomic E-state index is 12.9. The van der Waals surface area contributed by atoms with Crippen LogP contribution in [-0.4, -0.2) is 16.0 Å². The van der Waals surface area contributed by atoms with Gasteiger partial charge in [0.2, 0.25) is 0 Å². The Balaban J connectivity index is 1.43. The molecule has 0 saturated heterocycles. The third kappa shape index (κ3) is 3.12. The third-order valence-corrected chi connectivity index (χ3v) is 5.10. The van der Waals surface area contributed by atoms with Crippen molar-refractivity contribution in [2.75, 3.05) is 5.32 Å². The number of benzene rings is 2. The van der Waals surface area contributed by atoms with E-state index in [1.807, 2.05) is 42.5 Å². The van der Waals surface area contributed by atoms with Gasteiger partial charge in [0.15, 0.2) is 0 Å². The monoisotopic (exact) mass is 378 g/mol. The standard InChI is InChI=1S/C24H18N4O/c29-24(27-21-12-6-14-26-22(21)16-7-5-13-25-15-16)28-23-19-10-3-1-8-17(19)18-9-2-4-11-20(18)23/h1-15,23H,(H2,27,28,29). The minimum absolute atomic E-state index is 0.194. The minimum Gasteiger partial charge on any atom is -0.327 e. The number of hydrogen-bond donors (Lipinski definition) is 2. The van der Waals surface area contributed by atoms with E-state index in [1.54, 1.807) is 24.7 Å². The molecule has 2 aromatic heterocycles. The Morgan fingerprint density at radius 2 is 1.48 bits per heavy atom. The van der Waals surface area contributed by atoms with Crippen LogP contribution < -0.4 is 10.6 Å². The lowest BCUT2D eigenvalue weighted by Gasteiger charge is -2.17. The minimum atomic E-state index is -0.278. The van der Waals surface area contributed by atoms with E-state index in [0.717, 1.165) is 27.8 Å². The first-order chi connectivity index (χ1) is 14.3. The number of rotatable bonds is 3. The number of fused-ring (bicyclic) bond motifs is 3. The molecule has 2 aromatic carbocycles. The van der Waals surface area contributed by atoms with E-state index >= 15 is 0 Å². The molecule has 0 fully saturated rings. The summed E-state index contributed by atoms with van der Waals surface area (Å²) in [5.74, 6) is 0. The summed E-state index contributed by atoms with van der Waals surface area (Å²) < 4.78 is 0. The molecule has 0 unspecified atom stereocenters. The topological polar surface area (TPSA) is 66.9 Å². The fourth-order valence-electron chi connectivity index (χ4n) is 3.84. The van der Waals surface area contributed by atoms with Crippen molar-refractivity contribution >= 4 is 11.7 Å². The van der Waals surface area contributed by atoms with E-state index in [4.69, 9.17) is 0 Å². The van der Waals surface area contributed by atoms with E-state index in [2.05, 4.69) is 44.9 Å². The third-order valence-electron chi connectivity index (χ3n) is 5.10. The van der Waals surface area contributed by atoms with Crippen molar-refractivity contribution in [3.8, 4) is 22.4 Å². The van der Waals surface area contributed by atoms with Crippen molar-refractivity contribution in [3.05, 3.63) is 103 Å². The van der Waals surface area contributed by atoms with Crippen LogP contribution in [0.5, 0.6) is 0 Å². The molecule has 4 aromatic rings. The van der Waals surface area contributed by atoms with E-state index in [9.17, 15) is 4.79 Å². The smallest absolute Gasteiger partial charge is 0.320 e. The van der Waals surface area contributed by atoms with Crippen LogP contribution in [0.4, 0.5) is 10.5 Å². The second-order valence-electron chi connectivity index (χ2n) is 6.85. The van der Waals surface area contributed by atoms with Gasteiger partial charge < -0.3 is 10.6 Å². The highest BCUT2D eigenvalue weighted by molar-refractivity contribution is 5.94. The largest absolute Gasteiger partial charge is 0.327 e. The lowest BCUT2D eigenvalue weighted by Crippen LogP contribution is -2.32.